The lowest BCUT2D eigenvalue weighted by molar-refractivity contribution is 0.0935. The van der Waals surface area contributed by atoms with Crippen molar-refractivity contribution in [3.8, 4) is 0 Å². The zero-order valence-electron chi connectivity index (χ0n) is 9.60. The number of aryl methyl sites for hydroxylation is 2. The van der Waals surface area contributed by atoms with Crippen LogP contribution in [-0.4, -0.2) is 20.4 Å². The van der Waals surface area contributed by atoms with Gasteiger partial charge in [0.2, 0.25) is 0 Å². The van der Waals surface area contributed by atoms with E-state index in [1.807, 2.05) is 13.1 Å². The number of hydrogen-bond acceptors (Lipinski definition) is 2. The highest BCUT2D eigenvalue weighted by Gasteiger charge is 2.25. The molecule has 5 nitrogen and oxygen atoms in total. The van der Waals surface area contributed by atoms with Crippen LogP contribution >= 0.6 is 0 Å². The molecule has 0 radical (unpaired) electrons. The van der Waals surface area contributed by atoms with E-state index in [1.165, 1.54) is 0 Å². The van der Waals surface area contributed by atoms with Crippen molar-refractivity contribution in [3.63, 3.8) is 0 Å². The number of nitrogens with one attached hydrogen (secondary N) is 2. The first-order chi connectivity index (χ1) is 8.25. The molecule has 0 bridgehead atoms. The van der Waals surface area contributed by atoms with Crippen molar-refractivity contribution >= 4 is 5.91 Å². The van der Waals surface area contributed by atoms with E-state index in [-0.39, 0.29) is 11.9 Å². The van der Waals surface area contributed by atoms with Crippen molar-refractivity contribution < 1.29 is 4.79 Å². The highest BCUT2D eigenvalue weighted by Crippen LogP contribution is 2.24. The summed E-state index contributed by atoms with van der Waals surface area (Å²) in [5, 5.41) is 3.02. The van der Waals surface area contributed by atoms with Gasteiger partial charge in [0.15, 0.2) is 0 Å². The van der Waals surface area contributed by atoms with Gasteiger partial charge in [-0.1, -0.05) is 0 Å². The summed E-state index contributed by atoms with van der Waals surface area (Å²) in [6, 6.07) is 1.83. The molecular formula is C12H14N4O. The minimum Gasteiger partial charge on any atom is -0.365 e. The lowest BCUT2D eigenvalue weighted by Crippen LogP contribution is -2.27. The fraction of sp³-hybridized carbons (Fsp3) is 0.333. The molecule has 2 aromatic rings. The summed E-state index contributed by atoms with van der Waals surface area (Å²) < 4.78 is 2.08. The third-order valence-electron chi connectivity index (χ3n) is 3.22. The smallest absolute Gasteiger partial charge is 0.253 e. The van der Waals surface area contributed by atoms with Crippen molar-refractivity contribution in [2.24, 2.45) is 0 Å². The average Bonchev–Trinajstić information content (AvgIpc) is 2.96. The highest BCUT2D eigenvalue weighted by atomic mass is 16.1. The van der Waals surface area contributed by atoms with E-state index in [0.29, 0.717) is 5.56 Å². The molecule has 2 aromatic heterocycles. The van der Waals surface area contributed by atoms with Gasteiger partial charge < -0.3 is 14.9 Å². The van der Waals surface area contributed by atoms with Crippen molar-refractivity contribution in [2.75, 3.05) is 0 Å². The van der Waals surface area contributed by atoms with Crippen LogP contribution in [0.1, 0.15) is 34.3 Å². The van der Waals surface area contributed by atoms with Crippen molar-refractivity contribution in [3.05, 3.63) is 41.7 Å². The van der Waals surface area contributed by atoms with Crippen LogP contribution in [-0.2, 0) is 6.54 Å². The Kier molecular flexibility index (Phi) is 2.24. The normalized spacial score (nSPS) is 18.1. The molecule has 5 heteroatoms. The number of fused-ring (bicyclic) bond motifs is 1. The van der Waals surface area contributed by atoms with Gasteiger partial charge in [0.1, 0.15) is 5.82 Å². The molecule has 1 aliphatic heterocycles. The number of nitrogens with zero attached hydrogens (tertiary/aromatic N) is 2. The van der Waals surface area contributed by atoms with E-state index in [0.717, 1.165) is 24.5 Å². The van der Waals surface area contributed by atoms with Crippen LogP contribution in [0.4, 0.5) is 0 Å². The van der Waals surface area contributed by atoms with Gasteiger partial charge in [-0.2, -0.15) is 0 Å². The lowest BCUT2D eigenvalue weighted by atomic mass is 10.2. The van der Waals surface area contributed by atoms with Crippen LogP contribution in [0.5, 0.6) is 0 Å². The number of carbonyl (C=O) groups is 1. The molecule has 1 amide bonds. The molecule has 1 atom stereocenters. The molecule has 3 heterocycles. The van der Waals surface area contributed by atoms with Gasteiger partial charge in [-0.15, -0.1) is 0 Å². The van der Waals surface area contributed by atoms with Gasteiger partial charge in [-0.3, -0.25) is 4.79 Å². The van der Waals surface area contributed by atoms with E-state index in [9.17, 15) is 4.79 Å². The zero-order valence-corrected chi connectivity index (χ0v) is 9.60. The fourth-order valence-corrected chi connectivity index (χ4v) is 2.29. The van der Waals surface area contributed by atoms with Gasteiger partial charge in [-0.05, 0) is 19.4 Å². The van der Waals surface area contributed by atoms with Crippen LogP contribution in [0.15, 0.2) is 24.7 Å². The summed E-state index contributed by atoms with van der Waals surface area (Å²) in [5.74, 6) is 0.914. The van der Waals surface area contributed by atoms with E-state index in [1.54, 1.807) is 18.5 Å². The molecular weight excluding hydrogens is 216 g/mol. The monoisotopic (exact) mass is 230 g/mol. The average molecular weight is 230 g/mol. The van der Waals surface area contributed by atoms with Crippen molar-refractivity contribution in [1.82, 2.24) is 19.9 Å². The van der Waals surface area contributed by atoms with Crippen LogP contribution in [0, 0.1) is 6.92 Å². The third kappa shape index (κ3) is 1.63. The summed E-state index contributed by atoms with van der Waals surface area (Å²) in [5.41, 5.74) is 1.60. The van der Waals surface area contributed by atoms with Crippen LogP contribution < -0.4 is 5.32 Å². The van der Waals surface area contributed by atoms with Gasteiger partial charge in [0, 0.05) is 30.8 Å². The number of aromatic amines is 1. The maximum Gasteiger partial charge on any atom is 0.253 e. The second-order valence-corrected chi connectivity index (χ2v) is 4.31. The lowest BCUT2D eigenvalue weighted by Gasteiger charge is -2.10. The first-order valence-corrected chi connectivity index (χ1v) is 5.71. The summed E-state index contributed by atoms with van der Waals surface area (Å²) in [6.07, 6.45) is 6.41. The topological polar surface area (TPSA) is 62.7 Å². The number of carbonyl (C=O) groups excluding carboxylic acids is 1. The van der Waals surface area contributed by atoms with Crippen LogP contribution in [0.25, 0.3) is 0 Å². The third-order valence-corrected chi connectivity index (χ3v) is 3.22. The number of hydrogen-bond donors (Lipinski definition) is 2. The predicted molar refractivity (Wildman–Crippen MR) is 62.6 cm³/mol. The van der Waals surface area contributed by atoms with Gasteiger partial charge >= 0.3 is 0 Å². The largest absolute Gasteiger partial charge is 0.365 e. The summed E-state index contributed by atoms with van der Waals surface area (Å²) in [7, 11) is 0. The molecule has 0 fully saturated rings. The van der Waals surface area contributed by atoms with Crippen LogP contribution in [0.2, 0.25) is 0 Å². The van der Waals surface area contributed by atoms with E-state index >= 15 is 0 Å². The second kappa shape index (κ2) is 3.76. The Morgan fingerprint density at radius 2 is 2.53 bits per heavy atom. The Morgan fingerprint density at radius 1 is 1.65 bits per heavy atom. The predicted octanol–water partition coefficient (Wildman–Crippen LogP) is 1.39. The Morgan fingerprint density at radius 3 is 3.29 bits per heavy atom. The molecule has 88 valence electrons. The van der Waals surface area contributed by atoms with Gasteiger partial charge in [0.05, 0.1) is 11.6 Å². The maximum absolute atomic E-state index is 12.0. The van der Waals surface area contributed by atoms with Crippen LogP contribution in [0.3, 0.4) is 0 Å². The number of amides is 1. The maximum atomic E-state index is 12.0. The first kappa shape index (κ1) is 10.1. The van der Waals surface area contributed by atoms with E-state index < -0.39 is 0 Å². The standard InChI is InChI=1S/C12H14N4O/c1-8-9(2-4-13-8)12(17)15-10-3-6-16-7-5-14-11(10)16/h2,4-5,7,10,13H,3,6H2,1H3,(H,15,17). The Hall–Kier alpha value is -2.04. The quantitative estimate of drug-likeness (QED) is 0.819. The zero-order chi connectivity index (χ0) is 11.8. The molecule has 3 rings (SSSR count). The summed E-state index contributed by atoms with van der Waals surface area (Å²) >= 11 is 0. The molecule has 1 aliphatic rings. The fourth-order valence-electron chi connectivity index (χ4n) is 2.29. The number of H-pyrrole nitrogens is 1. The van der Waals surface area contributed by atoms with Crippen molar-refractivity contribution in [2.45, 2.75) is 25.9 Å². The SMILES string of the molecule is Cc1[nH]ccc1C(=O)NC1CCn2ccnc21. The Balaban J connectivity index is 1.77. The molecule has 17 heavy (non-hydrogen) atoms. The van der Waals surface area contributed by atoms with E-state index in [4.69, 9.17) is 0 Å². The molecule has 2 N–H and O–H groups in total. The Labute approximate surface area is 98.9 Å². The van der Waals surface area contributed by atoms with E-state index in [2.05, 4.69) is 19.9 Å². The summed E-state index contributed by atoms with van der Waals surface area (Å²) in [6.45, 7) is 2.82. The molecule has 0 aliphatic carbocycles. The molecule has 0 spiro atoms. The first-order valence-electron chi connectivity index (χ1n) is 5.71. The highest BCUT2D eigenvalue weighted by molar-refractivity contribution is 5.95. The number of imidazole rings is 1. The summed E-state index contributed by atoms with van der Waals surface area (Å²) in [4.78, 5) is 19.3. The molecule has 0 aromatic carbocycles. The molecule has 1 unspecified atom stereocenters. The van der Waals surface area contributed by atoms with Crippen molar-refractivity contribution in [1.29, 1.82) is 0 Å². The Bertz CT molecular complexity index is 554. The minimum absolute atomic E-state index is 0.0341. The second-order valence-electron chi connectivity index (χ2n) is 4.31. The van der Waals surface area contributed by atoms with Gasteiger partial charge in [0.25, 0.3) is 5.91 Å². The van der Waals surface area contributed by atoms with Gasteiger partial charge in [-0.25, -0.2) is 4.98 Å². The molecule has 0 saturated carbocycles. The number of aromatic nitrogens is 3. The minimum atomic E-state index is -0.0369. The number of rotatable bonds is 2. The molecule has 0 saturated heterocycles.